The zero-order valence-electron chi connectivity index (χ0n) is 10.5. The number of phenolic OH excluding ortho intramolecular Hbond substituents is 1. The Morgan fingerprint density at radius 1 is 1.20 bits per heavy atom. The number of carbonyl (C=O) groups excluding carboxylic acids is 1. The van der Waals surface area contributed by atoms with E-state index in [0.29, 0.717) is 17.1 Å². The molecule has 0 aliphatic carbocycles. The molecule has 20 heavy (non-hydrogen) atoms. The molecule has 1 aromatic carbocycles. The van der Waals surface area contributed by atoms with Crippen molar-refractivity contribution in [1.82, 2.24) is 4.98 Å². The van der Waals surface area contributed by atoms with Crippen molar-refractivity contribution in [2.24, 2.45) is 0 Å². The van der Waals surface area contributed by atoms with Crippen molar-refractivity contribution in [2.75, 3.05) is 11.9 Å². The summed E-state index contributed by atoms with van der Waals surface area (Å²) >= 11 is 0. The van der Waals surface area contributed by atoms with Crippen molar-refractivity contribution in [3.8, 4) is 17.6 Å². The average Bonchev–Trinajstić information content (AvgIpc) is 2.46. The van der Waals surface area contributed by atoms with E-state index in [9.17, 15) is 4.79 Å². The zero-order chi connectivity index (χ0) is 14.4. The van der Waals surface area contributed by atoms with Gasteiger partial charge in [0.25, 0.3) is 5.91 Å². The molecule has 1 heterocycles. The normalized spacial score (nSPS) is 9.45. The number of aromatic nitrogens is 1. The highest BCUT2D eigenvalue weighted by Crippen LogP contribution is 2.11. The minimum atomic E-state index is -0.329. The summed E-state index contributed by atoms with van der Waals surface area (Å²) in [5.41, 5.74) is 0.874. The lowest BCUT2D eigenvalue weighted by molar-refractivity contribution is 0.102. The van der Waals surface area contributed by atoms with Gasteiger partial charge in [0, 0.05) is 5.56 Å². The summed E-state index contributed by atoms with van der Waals surface area (Å²) in [6, 6.07) is 10.9. The number of aliphatic hydroxyl groups excluding tert-OH is 1. The number of aromatic hydroxyl groups is 1. The number of phenols is 1. The highest BCUT2D eigenvalue weighted by atomic mass is 16.3. The van der Waals surface area contributed by atoms with E-state index < -0.39 is 0 Å². The molecular formula is C15H12N2O3. The van der Waals surface area contributed by atoms with Gasteiger partial charge in [-0.3, -0.25) is 4.79 Å². The summed E-state index contributed by atoms with van der Waals surface area (Å²) in [5, 5.41) is 20.4. The zero-order valence-corrected chi connectivity index (χ0v) is 10.5. The molecule has 0 atom stereocenters. The Morgan fingerprint density at radius 2 is 1.95 bits per heavy atom. The lowest BCUT2D eigenvalue weighted by Gasteiger charge is -2.04. The molecule has 0 saturated heterocycles. The van der Waals surface area contributed by atoms with Gasteiger partial charge in [-0.15, -0.1) is 0 Å². The van der Waals surface area contributed by atoms with Crippen LogP contribution in [0.25, 0.3) is 0 Å². The topological polar surface area (TPSA) is 82.5 Å². The molecule has 0 aliphatic heterocycles. The summed E-state index contributed by atoms with van der Waals surface area (Å²) in [6.45, 7) is -0.244. The molecule has 2 rings (SSSR count). The number of aliphatic hydroxyl groups is 1. The number of hydrogen-bond acceptors (Lipinski definition) is 4. The van der Waals surface area contributed by atoms with E-state index >= 15 is 0 Å². The van der Waals surface area contributed by atoms with Gasteiger partial charge in [-0.2, -0.15) is 0 Å². The summed E-state index contributed by atoms with van der Waals surface area (Å²) in [5.74, 6) is 5.28. The van der Waals surface area contributed by atoms with Gasteiger partial charge in [-0.1, -0.05) is 12.0 Å². The fourth-order valence-electron chi connectivity index (χ4n) is 1.51. The van der Waals surface area contributed by atoms with Crippen LogP contribution in [0.2, 0.25) is 0 Å². The fourth-order valence-corrected chi connectivity index (χ4v) is 1.51. The van der Waals surface area contributed by atoms with Crippen LogP contribution in [0.3, 0.4) is 0 Å². The van der Waals surface area contributed by atoms with Crippen LogP contribution in [0.4, 0.5) is 5.82 Å². The van der Waals surface area contributed by atoms with Gasteiger partial charge in [0.1, 0.15) is 23.9 Å². The number of benzene rings is 1. The second-order valence-electron chi connectivity index (χ2n) is 3.87. The van der Waals surface area contributed by atoms with Gasteiger partial charge in [0.15, 0.2) is 0 Å². The van der Waals surface area contributed by atoms with E-state index in [0.717, 1.165) is 0 Å². The Morgan fingerprint density at radius 3 is 2.65 bits per heavy atom. The van der Waals surface area contributed by atoms with Crippen molar-refractivity contribution < 1.29 is 15.0 Å². The maximum absolute atomic E-state index is 11.9. The van der Waals surface area contributed by atoms with Crippen molar-refractivity contribution in [3.63, 3.8) is 0 Å². The van der Waals surface area contributed by atoms with Crippen molar-refractivity contribution in [1.29, 1.82) is 0 Å². The molecule has 1 aromatic heterocycles. The Labute approximate surface area is 115 Å². The summed E-state index contributed by atoms with van der Waals surface area (Å²) in [6.07, 6.45) is 0. The molecule has 0 saturated carbocycles. The largest absolute Gasteiger partial charge is 0.508 e. The fraction of sp³-hybridized carbons (Fsp3) is 0.0667. The molecule has 1 amide bonds. The first kappa shape index (κ1) is 13.6. The molecule has 0 aliphatic rings. The predicted octanol–water partition coefficient (Wildman–Crippen LogP) is 1.38. The van der Waals surface area contributed by atoms with Gasteiger partial charge in [-0.25, -0.2) is 4.98 Å². The quantitative estimate of drug-likeness (QED) is 0.719. The van der Waals surface area contributed by atoms with E-state index in [2.05, 4.69) is 22.1 Å². The number of nitrogens with zero attached hydrogens (tertiary/aromatic N) is 1. The van der Waals surface area contributed by atoms with E-state index in [4.69, 9.17) is 10.2 Å². The van der Waals surface area contributed by atoms with E-state index in [-0.39, 0.29) is 18.3 Å². The first-order chi connectivity index (χ1) is 9.69. The van der Waals surface area contributed by atoms with Gasteiger partial charge < -0.3 is 15.5 Å². The van der Waals surface area contributed by atoms with Crippen LogP contribution in [-0.4, -0.2) is 27.7 Å². The lowest BCUT2D eigenvalue weighted by atomic mass is 10.2. The number of nitrogens with one attached hydrogen (secondary N) is 1. The third-order valence-electron chi connectivity index (χ3n) is 2.42. The molecule has 0 spiro atoms. The summed E-state index contributed by atoms with van der Waals surface area (Å²) < 4.78 is 0. The second-order valence-corrected chi connectivity index (χ2v) is 3.87. The number of amides is 1. The Bertz CT molecular complexity index is 670. The minimum Gasteiger partial charge on any atom is -0.508 e. The van der Waals surface area contributed by atoms with Gasteiger partial charge >= 0.3 is 0 Å². The van der Waals surface area contributed by atoms with Crippen LogP contribution in [0, 0.1) is 11.8 Å². The van der Waals surface area contributed by atoms with Crippen molar-refractivity contribution in [3.05, 3.63) is 53.7 Å². The van der Waals surface area contributed by atoms with E-state index in [1.165, 1.54) is 24.3 Å². The highest BCUT2D eigenvalue weighted by molar-refractivity contribution is 6.03. The molecular weight excluding hydrogens is 256 g/mol. The molecule has 100 valence electrons. The second kappa shape index (κ2) is 6.36. The maximum atomic E-state index is 11.9. The smallest absolute Gasteiger partial charge is 0.256 e. The van der Waals surface area contributed by atoms with Crippen LogP contribution in [0.15, 0.2) is 42.5 Å². The van der Waals surface area contributed by atoms with Gasteiger partial charge in [0.2, 0.25) is 0 Å². The van der Waals surface area contributed by atoms with Gasteiger partial charge in [0.05, 0.1) is 0 Å². The molecule has 0 bridgehead atoms. The third kappa shape index (κ3) is 3.57. The first-order valence-corrected chi connectivity index (χ1v) is 5.86. The highest BCUT2D eigenvalue weighted by Gasteiger charge is 2.06. The van der Waals surface area contributed by atoms with Crippen LogP contribution >= 0.6 is 0 Å². The molecule has 5 nitrogen and oxygen atoms in total. The van der Waals surface area contributed by atoms with Crippen LogP contribution in [0.1, 0.15) is 16.1 Å². The molecule has 0 fully saturated rings. The number of pyridine rings is 1. The van der Waals surface area contributed by atoms with Crippen molar-refractivity contribution >= 4 is 11.7 Å². The van der Waals surface area contributed by atoms with Crippen LogP contribution < -0.4 is 5.32 Å². The molecule has 3 N–H and O–H groups in total. The number of anilines is 1. The SMILES string of the molecule is O=C(Nc1cccc(C#CCO)n1)c1ccc(O)cc1. The predicted molar refractivity (Wildman–Crippen MR) is 74.3 cm³/mol. The van der Waals surface area contributed by atoms with Crippen molar-refractivity contribution in [2.45, 2.75) is 0 Å². The standard InChI is InChI=1S/C15H12N2O3/c18-10-2-4-12-3-1-5-14(16-12)17-15(20)11-6-8-13(19)9-7-11/h1,3,5-9,18-19H,10H2,(H,16,17,20). The van der Waals surface area contributed by atoms with Gasteiger partial charge in [-0.05, 0) is 42.3 Å². The molecule has 0 radical (unpaired) electrons. The minimum absolute atomic E-state index is 0.0981. The number of rotatable bonds is 2. The Kier molecular flexibility index (Phi) is 4.32. The monoisotopic (exact) mass is 268 g/mol. The molecule has 2 aromatic rings. The van der Waals surface area contributed by atoms with E-state index in [1.807, 2.05) is 0 Å². The molecule has 0 unspecified atom stereocenters. The number of carbonyl (C=O) groups is 1. The first-order valence-electron chi connectivity index (χ1n) is 5.86. The molecule has 5 heteroatoms. The number of hydrogen-bond donors (Lipinski definition) is 3. The average molecular weight is 268 g/mol. The van der Waals surface area contributed by atoms with E-state index in [1.54, 1.807) is 18.2 Å². The Hall–Kier alpha value is -2.84. The van der Waals surface area contributed by atoms with Crippen LogP contribution in [0.5, 0.6) is 5.75 Å². The maximum Gasteiger partial charge on any atom is 0.256 e. The third-order valence-corrected chi connectivity index (χ3v) is 2.42. The van der Waals surface area contributed by atoms with Crippen LogP contribution in [-0.2, 0) is 0 Å². The Balaban J connectivity index is 2.13. The summed E-state index contributed by atoms with van der Waals surface area (Å²) in [7, 11) is 0. The lowest BCUT2D eigenvalue weighted by Crippen LogP contribution is -2.12. The summed E-state index contributed by atoms with van der Waals surface area (Å²) in [4.78, 5) is 16.1.